The summed E-state index contributed by atoms with van der Waals surface area (Å²) in [5, 5.41) is 18.8. The van der Waals surface area contributed by atoms with E-state index in [-0.39, 0.29) is 48.7 Å². The molecule has 0 N–H and O–H groups in total. The third kappa shape index (κ3) is 17.0. The van der Waals surface area contributed by atoms with Gasteiger partial charge in [0.1, 0.15) is 24.0 Å². The molecule has 0 bridgehead atoms. The Morgan fingerprint density at radius 2 is 1.08 bits per heavy atom. The van der Waals surface area contributed by atoms with Crippen molar-refractivity contribution in [2.45, 2.75) is 213 Å². The number of tetrazole rings is 1. The molecule has 0 unspecified atom stereocenters. The fourth-order valence-electron chi connectivity index (χ4n) is 5.14. The summed E-state index contributed by atoms with van der Waals surface area (Å²) in [6, 6.07) is 0. The Morgan fingerprint density at radius 3 is 1.35 bits per heavy atom. The first-order valence-corrected chi connectivity index (χ1v) is 22.7. The summed E-state index contributed by atoms with van der Waals surface area (Å²) in [6.07, 6.45) is 11.3. The van der Waals surface area contributed by atoms with E-state index in [9.17, 15) is 0 Å². The average Bonchev–Trinajstić information content (AvgIpc) is 4.00. The fraction of sp³-hybridized carbons (Fsp3) is 0.706. The van der Waals surface area contributed by atoms with Crippen LogP contribution in [0.3, 0.4) is 0 Å². The molecule has 6 aromatic rings. The van der Waals surface area contributed by atoms with Crippen LogP contribution >= 0.6 is 0 Å². The van der Waals surface area contributed by atoms with Crippen molar-refractivity contribution in [1.29, 1.82) is 0 Å². The van der Waals surface area contributed by atoms with E-state index in [1.807, 2.05) is 34.7 Å². The van der Waals surface area contributed by atoms with Gasteiger partial charge in [0.2, 0.25) is 11.8 Å². The zero-order chi connectivity index (χ0) is 51.5. The van der Waals surface area contributed by atoms with Gasteiger partial charge < -0.3 is 22.1 Å². The van der Waals surface area contributed by atoms with Crippen molar-refractivity contribution in [3.63, 3.8) is 0 Å². The van der Waals surface area contributed by atoms with Gasteiger partial charge in [-0.2, -0.15) is 0 Å². The predicted molar refractivity (Wildman–Crippen MR) is 262 cm³/mol. The van der Waals surface area contributed by atoms with Crippen LogP contribution in [0.1, 0.15) is 213 Å². The number of aryl methyl sites for hydroxylation is 3. The van der Waals surface area contributed by atoms with E-state index < -0.39 is 0 Å². The molecule has 372 valence electrons. The maximum absolute atomic E-state index is 5.31. The molecule has 0 fully saturated rings. The average molecular weight is 921 g/mol. The summed E-state index contributed by atoms with van der Waals surface area (Å²) in [4.78, 5) is 16.3. The fourth-order valence-corrected chi connectivity index (χ4v) is 5.14. The van der Waals surface area contributed by atoms with Gasteiger partial charge in [-0.25, -0.2) is 24.6 Å². The van der Waals surface area contributed by atoms with Crippen molar-refractivity contribution >= 4 is 0 Å². The van der Waals surface area contributed by atoms with Crippen LogP contribution in [0.25, 0.3) is 0 Å². The number of nitrogens with zero attached hydrogens (tertiary/aromatic N) is 10. The molecule has 0 saturated heterocycles. The molecular weight excluding hydrogens is 833 g/mol. The standard InChI is InChI=1S/3C10H17NO.C8H13NO.C7H12N2O.C6H12N4/c1-9(2,3)10(4,5)8-6-12-7-11-8;1-9(2,3)10(4,5)8-6-11-7-12-8;1-9(2,3)10(4,5)8-11-6-7-12-8;1-6-7(8(2,3)4)10-5-9-6;1-5-8-9-6(10-5)7(2,3)4;1-6(2,3)5-7-8-9-10(5)4/h3*6-7H,1-5H3;5H,1-4H3;2*1-4H3. The van der Waals surface area contributed by atoms with Crippen LogP contribution in [0.2, 0.25) is 0 Å². The first kappa shape index (κ1) is 59.1. The van der Waals surface area contributed by atoms with Gasteiger partial charge in [-0.05, 0) is 33.6 Å². The molecule has 15 nitrogen and oxygen atoms in total. The van der Waals surface area contributed by atoms with Gasteiger partial charge in [0, 0.05) is 46.5 Å². The highest BCUT2D eigenvalue weighted by atomic mass is 16.4. The van der Waals surface area contributed by atoms with E-state index in [4.69, 9.17) is 22.1 Å². The zero-order valence-electron chi connectivity index (χ0n) is 46.1. The summed E-state index contributed by atoms with van der Waals surface area (Å²) in [7, 11) is 1.85. The molecule has 6 aromatic heterocycles. The van der Waals surface area contributed by atoms with Crippen LogP contribution in [0, 0.1) is 30.1 Å². The van der Waals surface area contributed by atoms with Gasteiger partial charge in [0.25, 0.3) is 0 Å². The van der Waals surface area contributed by atoms with E-state index in [1.165, 1.54) is 19.2 Å². The molecule has 0 aliphatic heterocycles. The molecule has 0 saturated carbocycles. The topological polar surface area (TPSA) is 187 Å². The lowest BCUT2D eigenvalue weighted by Gasteiger charge is -2.36. The number of rotatable bonds is 3. The summed E-state index contributed by atoms with van der Waals surface area (Å²) in [5.74, 6) is 4.99. The SMILES string of the molecule is CC(C)(C)C(C)(C)c1cnco1.CC(C)(C)C(C)(C)c1cocn1.CC(C)(C)C(C)(C)c1ncco1.Cc1ncoc1C(C)(C)C.Cc1nnc(C(C)(C)C)o1.Cn1nnnc1C(C)(C)C. The highest BCUT2D eigenvalue weighted by Gasteiger charge is 2.39. The van der Waals surface area contributed by atoms with Crippen molar-refractivity contribution in [3.8, 4) is 0 Å². The van der Waals surface area contributed by atoms with Crippen LogP contribution in [0.4, 0.5) is 0 Å². The predicted octanol–water partition coefficient (Wildman–Crippen LogP) is 13.5. The number of oxazole rings is 4. The summed E-state index contributed by atoms with van der Waals surface area (Å²) in [5.41, 5.74) is 2.73. The third-order valence-corrected chi connectivity index (χ3v) is 12.6. The van der Waals surface area contributed by atoms with Crippen LogP contribution in [0.15, 0.2) is 66.2 Å². The van der Waals surface area contributed by atoms with Gasteiger partial charge in [-0.1, -0.05) is 166 Å². The number of hydrogen-bond acceptors (Lipinski definition) is 14. The zero-order valence-corrected chi connectivity index (χ0v) is 46.1. The molecule has 0 aromatic carbocycles. The maximum Gasteiger partial charge on any atom is 0.221 e. The maximum atomic E-state index is 5.31. The lowest BCUT2D eigenvalue weighted by atomic mass is 9.68. The molecule has 0 atom stereocenters. The minimum Gasteiger partial charge on any atom is -0.451 e. The lowest BCUT2D eigenvalue weighted by Crippen LogP contribution is -2.34. The molecule has 15 heteroatoms. The Labute approximate surface area is 397 Å². The normalized spacial score (nSPS) is 12.8. The molecule has 0 amide bonds. The smallest absolute Gasteiger partial charge is 0.221 e. The van der Waals surface area contributed by atoms with E-state index in [2.05, 4.69) is 191 Å². The highest BCUT2D eigenvalue weighted by molar-refractivity contribution is 5.14. The molecule has 6 rings (SSSR count). The Kier molecular flexibility index (Phi) is 19.9. The highest BCUT2D eigenvalue weighted by Crippen LogP contribution is 2.42. The van der Waals surface area contributed by atoms with E-state index >= 15 is 0 Å². The monoisotopic (exact) mass is 921 g/mol. The van der Waals surface area contributed by atoms with Gasteiger partial charge in [-0.15, -0.1) is 15.3 Å². The van der Waals surface area contributed by atoms with Crippen molar-refractivity contribution in [1.82, 2.24) is 50.3 Å². The van der Waals surface area contributed by atoms with E-state index in [1.54, 1.807) is 36.5 Å². The minimum atomic E-state index is -0.0265. The molecule has 66 heavy (non-hydrogen) atoms. The van der Waals surface area contributed by atoms with Crippen molar-refractivity contribution in [3.05, 3.63) is 90.5 Å². The van der Waals surface area contributed by atoms with Crippen molar-refractivity contribution < 1.29 is 22.1 Å². The van der Waals surface area contributed by atoms with E-state index in [0.29, 0.717) is 11.8 Å². The summed E-state index contributed by atoms with van der Waals surface area (Å²) < 4.78 is 27.7. The van der Waals surface area contributed by atoms with E-state index in [0.717, 1.165) is 34.6 Å². The Balaban J connectivity index is 0.000000397. The molecular formula is C51H88N10O5. The van der Waals surface area contributed by atoms with Gasteiger partial charge in [0.05, 0.1) is 23.8 Å². The Hall–Kier alpha value is -4.95. The van der Waals surface area contributed by atoms with Crippen LogP contribution in [-0.4, -0.2) is 50.3 Å². The Morgan fingerprint density at radius 1 is 0.515 bits per heavy atom. The number of aromatic nitrogens is 10. The molecule has 0 radical (unpaired) electrons. The second-order valence-electron chi connectivity index (χ2n) is 24.5. The van der Waals surface area contributed by atoms with Gasteiger partial charge >= 0.3 is 0 Å². The number of hydrogen-bond donors (Lipinski definition) is 0. The van der Waals surface area contributed by atoms with Gasteiger partial charge in [0.15, 0.2) is 30.9 Å². The lowest BCUT2D eigenvalue weighted by molar-refractivity contribution is 0.182. The van der Waals surface area contributed by atoms with Crippen molar-refractivity contribution in [2.24, 2.45) is 23.3 Å². The van der Waals surface area contributed by atoms with Gasteiger partial charge in [-0.3, -0.25) is 0 Å². The quantitative estimate of drug-likeness (QED) is 0.163. The molecule has 0 aliphatic rings. The first-order chi connectivity index (χ1) is 29.6. The molecule has 6 heterocycles. The van der Waals surface area contributed by atoms with Crippen LogP contribution < -0.4 is 0 Å². The largest absolute Gasteiger partial charge is 0.451 e. The van der Waals surface area contributed by atoms with Crippen LogP contribution in [-0.2, 0) is 39.5 Å². The van der Waals surface area contributed by atoms with Crippen LogP contribution in [0.5, 0.6) is 0 Å². The summed E-state index contributed by atoms with van der Waals surface area (Å²) in [6.45, 7) is 55.3. The third-order valence-electron chi connectivity index (χ3n) is 12.6. The second-order valence-corrected chi connectivity index (χ2v) is 24.5. The second kappa shape index (κ2) is 22.2. The Bertz CT molecular complexity index is 2030. The molecule has 0 aliphatic carbocycles. The summed E-state index contributed by atoms with van der Waals surface area (Å²) >= 11 is 0. The van der Waals surface area contributed by atoms with Crippen molar-refractivity contribution in [2.75, 3.05) is 0 Å². The minimum absolute atomic E-state index is 0.0174. The molecule has 0 spiro atoms. The first-order valence-electron chi connectivity index (χ1n) is 22.7.